The van der Waals surface area contributed by atoms with Crippen molar-refractivity contribution in [3.05, 3.63) is 35.1 Å². The first kappa shape index (κ1) is 12.6. The maximum absolute atomic E-state index is 5.76. The third-order valence-electron chi connectivity index (χ3n) is 3.06. The van der Waals surface area contributed by atoms with Gasteiger partial charge in [-0.1, -0.05) is 18.2 Å². The van der Waals surface area contributed by atoms with Gasteiger partial charge in [0.1, 0.15) is 0 Å². The van der Waals surface area contributed by atoms with Crippen molar-refractivity contribution in [3.63, 3.8) is 0 Å². The standard InChI is InChI=1S/C13H15BrN4O/c14-12-16-13(15-10-6-2-1-3-7-10)18(17-12)11-8-4-5-9-19-11/h1-3,6-7,11H,4-5,8-9H2,(H,15,16,17). The zero-order valence-electron chi connectivity index (χ0n) is 10.4. The monoisotopic (exact) mass is 322 g/mol. The Bertz CT molecular complexity index is 537. The minimum atomic E-state index is -0.0289. The molecule has 2 heterocycles. The van der Waals surface area contributed by atoms with Gasteiger partial charge in [0.05, 0.1) is 0 Å². The summed E-state index contributed by atoms with van der Waals surface area (Å²) in [7, 11) is 0. The molecular formula is C13H15BrN4O. The van der Waals surface area contributed by atoms with Gasteiger partial charge in [0.25, 0.3) is 0 Å². The molecule has 1 saturated heterocycles. The molecule has 0 radical (unpaired) electrons. The van der Waals surface area contributed by atoms with Crippen LogP contribution in [0.1, 0.15) is 25.5 Å². The van der Waals surface area contributed by atoms with Crippen LogP contribution < -0.4 is 5.32 Å². The molecule has 0 aliphatic carbocycles. The molecule has 1 fully saturated rings. The van der Waals surface area contributed by atoms with Crippen molar-refractivity contribution in [2.45, 2.75) is 25.5 Å². The van der Waals surface area contributed by atoms with Crippen LogP contribution in [0.25, 0.3) is 0 Å². The SMILES string of the molecule is Brc1nc(Nc2ccccc2)n(C2CCCCO2)n1. The summed E-state index contributed by atoms with van der Waals surface area (Å²) in [5, 5.41) is 7.64. The summed E-state index contributed by atoms with van der Waals surface area (Å²) >= 11 is 3.32. The average molecular weight is 323 g/mol. The van der Waals surface area contributed by atoms with Gasteiger partial charge in [0, 0.05) is 12.3 Å². The molecule has 1 N–H and O–H groups in total. The Morgan fingerprint density at radius 1 is 1.26 bits per heavy atom. The lowest BCUT2D eigenvalue weighted by Crippen LogP contribution is -2.20. The van der Waals surface area contributed by atoms with Crippen LogP contribution in [0.5, 0.6) is 0 Å². The van der Waals surface area contributed by atoms with Crippen molar-refractivity contribution >= 4 is 27.6 Å². The van der Waals surface area contributed by atoms with Crippen molar-refractivity contribution in [2.24, 2.45) is 0 Å². The van der Waals surface area contributed by atoms with E-state index >= 15 is 0 Å². The van der Waals surface area contributed by atoms with E-state index in [9.17, 15) is 0 Å². The van der Waals surface area contributed by atoms with E-state index in [2.05, 4.69) is 31.3 Å². The fraction of sp³-hybridized carbons (Fsp3) is 0.385. The van der Waals surface area contributed by atoms with E-state index in [4.69, 9.17) is 4.74 Å². The molecule has 1 atom stereocenters. The number of aromatic nitrogens is 3. The number of rotatable bonds is 3. The van der Waals surface area contributed by atoms with E-state index in [1.54, 1.807) is 0 Å². The number of benzene rings is 1. The zero-order chi connectivity index (χ0) is 13.1. The Labute approximate surface area is 120 Å². The third kappa shape index (κ3) is 2.96. The van der Waals surface area contributed by atoms with Gasteiger partial charge >= 0.3 is 0 Å². The third-order valence-corrected chi connectivity index (χ3v) is 3.40. The van der Waals surface area contributed by atoms with E-state index in [0.717, 1.165) is 31.6 Å². The summed E-state index contributed by atoms with van der Waals surface area (Å²) in [6.45, 7) is 0.785. The fourth-order valence-corrected chi connectivity index (χ4v) is 2.49. The molecule has 2 aromatic rings. The van der Waals surface area contributed by atoms with Crippen molar-refractivity contribution in [1.82, 2.24) is 14.8 Å². The lowest BCUT2D eigenvalue weighted by atomic mass is 10.2. The number of ether oxygens (including phenoxy) is 1. The number of anilines is 2. The number of halogens is 1. The Hall–Kier alpha value is -1.40. The van der Waals surface area contributed by atoms with Gasteiger partial charge in [0.15, 0.2) is 6.23 Å². The molecule has 19 heavy (non-hydrogen) atoms. The Balaban J connectivity index is 1.84. The minimum Gasteiger partial charge on any atom is -0.356 e. The lowest BCUT2D eigenvalue weighted by Gasteiger charge is -2.23. The van der Waals surface area contributed by atoms with E-state index < -0.39 is 0 Å². The first-order valence-corrected chi connectivity index (χ1v) is 7.18. The summed E-state index contributed by atoms with van der Waals surface area (Å²) in [6, 6.07) is 9.93. The second-order valence-electron chi connectivity index (χ2n) is 4.46. The minimum absolute atomic E-state index is 0.0289. The maximum atomic E-state index is 5.76. The van der Waals surface area contributed by atoms with Gasteiger partial charge in [-0.15, -0.1) is 5.10 Å². The van der Waals surface area contributed by atoms with Crippen molar-refractivity contribution in [3.8, 4) is 0 Å². The molecule has 1 aliphatic rings. The number of nitrogens with zero attached hydrogens (tertiary/aromatic N) is 3. The summed E-state index contributed by atoms with van der Waals surface area (Å²) in [5.41, 5.74) is 0.986. The van der Waals surface area contributed by atoms with Crippen LogP contribution in [0.3, 0.4) is 0 Å². The van der Waals surface area contributed by atoms with Crippen LogP contribution in [0.4, 0.5) is 11.6 Å². The Morgan fingerprint density at radius 2 is 2.11 bits per heavy atom. The quantitative estimate of drug-likeness (QED) is 0.939. The lowest BCUT2D eigenvalue weighted by molar-refractivity contribution is -0.0383. The predicted molar refractivity (Wildman–Crippen MR) is 76.3 cm³/mol. The highest BCUT2D eigenvalue weighted by atomic mass is 79.9. The molecule has 0 saturated carbocycles. The summed E-state index contributed by atoms with van der Waals surface area (Å²) in [5.74, 6) is 0.699. The molecular weight excluding hydrogens is 308 g/mol. The fourth-order valence-electron chi connectivity index (χ4n) is 2.15. The first-order valence-electron chi connectivity index (χ1n) is 6.38. The van der Waals surface area contributed by atoms with Gasteiger partial charge in [0.2, 0.25) is 10.7 Å². The number of hydrogen-bond acceptors (Lipinski definition) is 4. The maximum Gasteiger partial charge on any atom is 0.229 e. The van der Waals surface area contributed by atoms with Crippen LogP contribution in [0.2, 0.25) is 0 Å². The molecule has 0 amide bonds. The number of hydrogen-bond donors (Lipinski definition) is 1. The van der Waals surface area contributed by atoms with E-state index in [1.807, 2.05) is 35.0 Å². The number of para-hydroxylation sites is 1. The average Bonchev–Trinajstić information content (AvgIpc) is 2.82. The van der Waals surface area contributed by atoms with E-state index in [-0.39, 0.29) is 6.23 Å². The molecule has 1 aliphatic heterocycles. The smallest absolute Gasteiger partial charge is 0.229 e. The molecule has 0 spiro atoms. The Kier molecular flexibility index (Phi) is 3.79. The van der Waals surface area contributed by atoms with Gasteiger partial charge in [-0.05, 0) is 47.3 Å². The normalized spacial score (nSPS) is 19.3. The van der Waals surface area contributed by atoms with Crippen LogP contribution in [-0.2, 0) is 4.74 Å². The molecule has 1 aromatic heterocycles. The topological polar surface area (TPSA) is 52.0 Å². The largest absolute Gasteiger partial charge is 0.356 e. The highest BCUT2D eigenvalue weighted by molar-refractivity contribution is 9.10. The number of nitrogens with one attached hydrogen (secondary N) is 1. The van der Waals surface area contributed by atoms with Crippen molar-refractivity contribution in [1.29, 1.82) is 0 Å². The highest BCUT2D eigenvalue weighted by Crippen LogP contribution is 2.27. The van der Waals surface area contributed by atoms with Crippen molar-refractivity contribution in [2.75, 3.05) is 11.9 Å². The van der Waals surface area contributed by atoms with Crippen molar-refractivity contribution < 1.29 is 4.74 Å². The summed E-state index contributed by atoms with van der Waals surface area (Å²) < 4.78 is 8.14. The predicted octanol–water partition coefficient (Wildman–Crippen LogP) is 3.48. The van der Waals surface area contributed by atoms with Crippen LogP contribution in [0, 0.1) is 0 Å². The molecule has 5 nitrogen and oxygen atoms in total. The molecule has 0 bridgehead atoms. The van der Waals surface area contributed by atoms with Gasteiger partial charge in [-0.2, -0.15) is 4.98 Å². The highest BCUT2D eigenvalue weighted by Gasteiger charge is 2.21. The van der Waals surface area contributed by atoms with Crippen LogP contribution >= 0.6 is 15.9 Å². The second kappa shape index (κ2) is 5.71. The van der Waals surface area contributed by atoms with Gasteiger partial charge < -0.3 is 10.1 Å². The second-order valence-corrected chi connectivity index (χ2v) is 5.17. The molecule has 1 unspecified atom stereocenters. The van der Waals surface area contributed by atoms with Crippen LogP contribution in [0.15, 0.2) is 35.1 Å². The molecule has 3 rings (SSSR count). The molecule has 100 valence electrons. The molecule has 6 heteroatoms. The first-order chi connectivity index (χ1) is 9.33. The van der Waals surface area contributed by atoms with Gasteiger partial charge in [-0.25, -0.2) is 4.68 Å². The summed E-state index contributed by atoms with van der Waals surface area (Å²) in [4.78, 5) is 4.36. The van der Waals surface area contributed by atoms with Gasteiger partial charge in [-0.3, -0.25) is 0 Å². The van der Waals surface area contributed by atoms with E-state index in [1.165, 1.54) is 0 Å². The van der Waals surface area contributed by atoms with Crippen LogP contribution in [-0.4, -0.2) is 21.4 Å². The molecule has 1 aromatic carbocycles. The summed E-state index contributed by atoms with van der Waals surface area (Å²) in [6.07, 6.45) is 3.22. The zero-order valence-corrected chi connectivity index (χ0v) is 12.0. The Morgan fingerprint density at radius 3 is 2.84 bits per heavy atom. The van der Waals surface area contributed by atoms with E-state index in [0.29, 0.717) is 10.7 Å².